The van der Waals surface area contributed by atoms with Gasteiger partial charge in [-0.05, 0) is 60.4 Å². The predicted octanol–water partition coefficient (Wildman–Crippen LogP) is 4.31. The molecular formula is C27H31N5O. The van der Waals surface area contributed by atoms with E-state index < -0.39 is 0 Å². The standard InChI is InChI=1S/C27H31N5O/c1-2-4-25(5-3-1)33-26-8-6-20(7-9-26)21-10-12-31(13-11-21)24-16-29-27(30-17-24)32-18-22-14-28-15-23(22)19-32/h1-9,16-17,21-23,28H,10-15,18-19H2. The van der Waals surface area contributed by atoms with Gasteiger partial charge in [-0.3, -0.25) is 0 Å². The quantitative estimate of drug-likeness (QED) is 0.637. The van der Waals surface area contributed by atoms with Crippen LogP contribution < -0.4 is 19.9 Å². The summed E-state index contributed by atoms with van der Waals surface area (Å²) in [5, 5.41) is 3.50. The first-order chi connectivity index (χ1) is 16.3. The smallest absolute Gasteiger partial charge is 0.225 e. The first kappa shape index (κ1) is 20.5. The molecule has 33 heavy (non-hydrogen) atoms. The first-order valence-electron chi connectivity index (χ1n) is 12.2. The second-order valence-corrected chi connectivity index (χ2v) is 9.57. The number of hydrogen-bond acceptors (Lipinski definition) is 6. The second kappa shape index (κ2) is 9.02. The average molecular weight is 442 g/mol. The number of benzene rings is 2. The summed E-state index contributed by atoms with van der Waals surface area (Å²) >= 11 is 0. The summed E-state index contributed by atoms with van der Waals surface area (Å²) in [6, 6.07) is 18.6. The van der Waals surface area contributed by atoms with Crippen LogP contribution in [0.1, 0.15) is 24.3 Å². The molecule has 1 aromatic heterocycles. The number of piperidine rings is 1. The Labute approximate surface area is 195 Å². The summed E-state index contributed by atoms with van der Waals surface area (Å²) in [6.07, 6.45) is 6.32. The van der Waals surface area contributed by atoms with Gasteiger partial charge >= 0.3 is 0 Å². The number of ether oxygens (including phenoxy) is 1. The second-order valence-electron chi connectivity index (χ2n) is 9.57. The Balaban J connectivity index is 1.03. The average Bonchev–Trinajstić information content (AvgIpc) is 3.48. The Morgan fingerprint density at radius 3 is 2.06 bits per heavy atom. The van der Waals surface area contributed by atoms with E-state index in [1.54, 1.807) is 0 Å². The highest BCUT2D eigenvalue weighted by molar-refractivity contribution is 5.46. The molecule has 0 radical (unpaired) electrons. The molecule has 3 aliphatic rings. The lowest BCUT2D eigenvalue weighted by atomic mass is 9.89. The zero-order chi connectivity index (χ0) is 22.0. The minimum atomic E-state index is 0.588. The molecule has 6 rings (SSSR count). The normalized spacial score (nSPS) is 23.0. The molecule has 0 spiro atoms. The third-order valence-electron chi connectivity index (χ3n) is 7.49. The number of fused-ring (bicyclic) bond motifs is 1. The number of nitrogens with one attached hydrogen (secondary N) is 1. The van der Waals surface area contributed by atoms with Crippen molar-refractivity contribution in [3.63, 3.8) is 0 Å². The van der Waals surface area contributed by atoms with E-state index in [0.717, 1.165) is 87.1 Å². The maximum atomic E-state index is 5.93. The first-order valence-corrected chi connectivity index (χ1v) is 12.2. The van der Waals surface area contributed by atoms with Crippen LogP contribution in [-0.2, 0) is 0 Å². The molecule has 2 unspecified atom stereocenters. The minimum Gasteiger partial charge on any atom is -0.457 e. The summed E-state index contributed by atoms with van der Waals surface area (Å²) in [4.78, 5) is 14.2. The van der Waals surface area contributed by atoms with Crippen molar-refractivity contribution in [3.05, 3.63) is 72.6 Å². The minimum absolute atomic E-state index is 0.588. The van der Waals surface area contributed by atoms with Crippen molar-refractivity contribution in [2.45, 2.75) is 18.8 Å². The maximum Gasteiger partial charge on any atom is 0.225 e. The molecule has 2 aromatic carbocycles. The van der Waals surface area contributed by atoms with E-state index in [-0.39, 0.29) is 0 Å². The van der Waals surface area contributed by atoms with Crippen LogP contribution in [-0.4, -0.2) is 49.2 Å². The van der Waals surface area contributed by atoms with Crippen LogP contribution in [0.2, 0.25) is 0 Å². The number of rotatable bonds is 5. The van der Waals surface area contributed by atoms with Gasteiger partial charge in [0.25, 0.3) is 0 Å². The SMILES string of the molecule is c1ccc(Oc2ccc(C3CCN(c4cnc(N5CC6CNCC6C5)nc4)CC3)cc2)cc1. The van der Waals surface area contributed by atoms with Crippen LogP contribution in [0, 0.1) is 11.8 Å². The summed E-state index contributed by atoms with van der Waals surface area (Å²) < 4.78 is 5.93. The molecule has 3 saturated heterocycles. The van der Waals surface area contributed by atoms with Gasteiger partial charge in [-0.15, -0.1) is 0 Å². The number of hydrogen-bond donors (Lipinski definition) is 1. The van der Waals surface area contributed by atoms with Crippen molar-refractivity contribution in [3.8, 4) is 11.5 Å². The zero-order valence-corrected chi connectivity index (χ0v) is 18.9. The molecule has 0 aliphatic carbocycles. The summed E-state index contributed by atoms with van der Waals surface area (Å²) in [5.74, 6) is 4.75. The highest BCUT2D eigenvalue weighted by Crippen LogP contribution is 2.33. The van der Waals surface area contributed by atoms with Crippen molar-refractivity contribution in [1.82, 2.24) is 15.3 Å². The molecule has 2 atom stereocenters. The number of para-hydroxylation sites is 1. The van der Waals surface area contributed by atoms with Gasteiger partial charge in [-0.1, -0.05) is 30.3 Å². The molecule has 0 saturated carbocycles. The van der Waals surface area contributed by atoms with E-state index in [0.29, 0.717) is 5.92 Å². The van der Waals surface area contributed by atoms with E-state index in [9.17, 15) is 0 Å². The lowest BCUT2D eigenvalue weighted by Crippen LogP contribution is -2.33. The van der Waals surface area contributed by atoms with Crippen LogP contribution in [0.25, 0.3) is 0 Å². The Kier molecular flexibility index (Phi) is 5.60. The molecule has 4 heterocycles. The summed E-state index contributed by atoms with van der Waals surface area (Å²) in [6.45, 7) is 6.51. The molecule has 0 bridgehead atoms. The molecule has 3 aliphatic heterocycles. The molecule has 6 heteroatoms. The highest BCUT2D eigenvalue weighted by atomic mass is 16.5. The van der Waals surface area contributed by atoms with Gasteiger partial charge in [-0.2, -0.15) is 0 Å². The largest absolute Gasteiger partial charge is 0.457 e. The van der Waals surface area contributed by atoms with Gasteiger partial charge in [0.2, 0.25) is 5.95 Å². The Bertz CT molecular complexity index is 1040. The van der Waals surface area contributed by atoms with Gasteiger partial charge in [0.15, 0.2) is 0 Å². The van der Waals surface area contributed by atoms with Gasteiger partial charge in [0.1, 0.15) is 11.5 Å². The van der Waals surface area contributed by atoms with Crippen LogP contribution in [0.15, 0.2) is 67.0 Å². The molecule has 6 nitrogen and oxygen atoms in total. The molecule has 3 fully saturated rings. The fourth-order valence-electron chi connectivity index (χ4n) is 5.56. The van der Waals surface area contributed by atoms with Gasteiger partial charge in [0, 0.05) is 39.3 Å². The van der Waals surface area contributed by atoms with E-state index in [2.05, 4.69) is 39.4 Å². The van der Waals surface area contributed by atoms with E-state index in [1.165, 1.54) is 5.56 Å². The topological polar surface area (TPSA) is 53.5 Å². The maximum absolute atomic E-state index is 5.93. The molecular weight excluding hydrogens is 410 g/mol. The van der Waals surface area contributed by atoms with Gasteiger partial charge in [0.05, 0.1) is 18.1 Å². The van der Waals surface area contributed by atoms with Crippen molar-refractivity contribution >= 4 is 11.6 Å². The Hall–Kier alpha value is -3.12. The number of anilines is 2. The third-order valence-corrected chi connectivity index (χ3v) is 7.49. The van der Waals surface area contributed by atoms with Crippen LogP contribution >= 0.6 is 0 Å². The van der Waals surface area contributed by atoms with Crippen molar-refractivity contribution in [1.29, 1.82) is 0 Å². The van der Waals surface area contributed by atoms with Crippen molar-refractivity contribution < 1.29 is 4.74 Å². The molecule has 1 N–H and O–H groups in total. The van der Waals surface area contributed by atoms with Crippen LogP contribution in [0.3, 0.4) is 0 Å². The summed E-state index contributed by atoms with van der Waals surface area (Å²) in [5.41, 5.74) is 2.54. The fourth-order valence-corrected chi connectivity index (χ4v) is 5.56. The lowest BCUT2D eigenvalue weighted by Gasteiger charge is -2.33. The number of nitrogens with zero attached hydrogens (tertiary/aromatic N) is 4. The van der Waals surface area contributed by atoms with Crippen molar-refractivity contribution in [2.75, 3.05) is 49.1 Å². The van der Waals surface area contributed by atoms with E-state index >= 15 is 0 Å². The molecule has 170 valence electrons. The van der Waals surface area contributed by atoms with Crippen molar-refractivity contribution in [2.24, 2.45) is 11.8 Å². The lowest BCUT2D eigenvalue weighted by molar-refractivity contribution is 0.479. The van der Waals surface area contributed by atoms with Crippen LogP contribution in [0.4, 0.5) is 11.6 Å². The van der Waals surface area contributed by atoms with Crippen LogP contribution in [0.5, 0.6) is 11.5 Å². The van der Waals surface area contributed by atoms with E-state index in [1.807, 2.05) is 42.7 Å². The Morgan fingerprint density at radius 1 is 0.758 bits per heavy atom. The highest BCUT2D eigenvalue weighted by Gasteiger charge is 2.37. The Morgan fingerprint density at radius 2 is 1.39 bits per heavy atom. The van der Waals surface area contributed by atoms with Gasteiger partial charge in [-0.25, -0.2) is 9.97 Å². The molecule has 3 aromatic rings. The molecule has 0 amide bonds. The predicted molar refractivity (Wildman–Crippen MR) is 131 cm³/mol. The summed E-state index contributed by atoms with van der Waals surface area (Å²) in [7, 11) is 0. The number of aromatic nitrogens is 2. The third kappa shape index (κ3) is 4.40. The fraction of sp³-hybridized carbons (Fsp3) is 0.407. The van der Waals surface area contributed by atoms with E-state index in [4.69, 9.17) is 14.7 Å². The van der Waals surface area contributed by atoms with Gasteiger partial charge < -0.3 is 19.9 Å². The monoisotopic (exact) mass is 441 g/mol. The zero-order valence-electron chi connectivity index (χ0n) is 18.9.